The number of nitriles is 1. The second kappa shape index (κ2) is 5.32. The van der Waals surface area contributed by atoms with Gasteiger partial charge in [0.15, 0.2) is 0 Å². The van der Waals surface area contributed by atoms with Crippen LogP contribution in [0, 0.1) is 11.3 Å². The number of hydrogen-bond acceptors (Lipinski definition) is 3. The first kappa shape index (κ1) is 9.52. The van der Waals surface area contributed by atoms with Crippen molar-refractivity contribution in [2.45, 2.75) is 6.42 Å². The molecule has 0 aromatic heterocycles. The number of hydrogen-bond donors (Lipinski definition) is 2. The number of carbonyl (C=O) groups excluding carboxylic acids is 1. The maximum Gasteiger partial charge on any atom is 0.240 e. The van der Waals surface area contributed by atoms with Crippen molar-refractivity contribution >= 4 is 29.6 Å². The molecule has 3 N–H and O–H groups in total. The third-order valence-electron chi connectivity index (χ3n) is 0.678. The van der Waals surface area contributed by atoms with Gasteiger partial charge in [0.1, 0.15) is 6.42 Å². The minimum atomic E-state index is -0.483. The summed E-state index contributed by atoms with van der Waals surface area (Å²) in [5.41, 5.74) is 4.88. The number of nitrogens with one attached hydrogen (secondary N) is 1. The fourth-order valence-corrected chi connectivity index (χ4v) is 0.510. The minimum absolute atomic E-state index is 0. The predicted molar refractivity (Wildman–Crippen MR) is 45.8 cm³/mol. The first-order valence-corrected chi connectivity index (χ1v) is 3.06. The molecule has 0 rings (SSSR count). The molecule has 0 aromatic rings. The summed E-state index contributed by atoms with van der Waals surface area (Å²) < 4.78 is 0. The number of carbonyl (C=O) groups is 1. The van der Waals surface area contributed by atoms with Crippen molar-refractivity contribution in [2.75, 3.05) is 0 Å². The maximum absolute atomic E-state index is 10.6. The molecule has 0 saturated heterocycles. The highest BCUT2D eigenvalue weighted by atomic mass is 32.1. The van der Waals surface area contributed by atoms with Gasteiger partial charge in [-0.3, -0.25) is 4.79 Å². The van der Waals surface area contributed by atoms with Crippen molar-refractivity contribution < 1.29 is 6.22 Å². The van der Waals surface area contributed by atoms with Crippen molar-refractivity contribution in [1.29, 1.82) is 5.26 Å². The molecule has 0 spiro atoms. The lowest BCUT2D eigenvalue weighted by molar-refractivity contribution is -0.118. The highest BCUT2D eigenvalue weighted by Crippen LogP contribution is 1.78. The van der Waals surface area contributed by atoms with Gasteiger partial charge >= 0.3 is 0 Å². The molecule has 0 aromatic carbocycles. The van der Waals surface area contributed by atoms with Crippen LogP contribution in [-0.4, -0.2) is 17.4 Å². The van der Waals surface area contributed by atoms with Gasteiger partial charge < -0.3 is 11.1 Å². The van der Waals surface area contributed by atoms with Gasteiger partial charge in [0, 0.05) is 1.43 Å². The van der Waals surface area contributed by atoms with Crippen LogP contribution in [0.25, 0.3) is 0 Å². The molecule has 0 fully saturated rings. The molecule has 5 nitrogen and oxygen atoms in total. The Morgan fingerprint density at radius 3 is 3.09 bits per heavy atom. The van der Waals surface area contributed by atoms with Crippen molar-refractivity contribution in [1.82, 2.24) is 5.32 Å². The Hall–Kier alpha value is -1.48. The van der Waals surface area contributed by atoms with E-state index in [0.29, 0.717) is 0 Å². The largest absolute Gasteiger partial charge is 0.390 e. The third-order valence-corrected chi connectivity index (χ3v) is 0.885. The van der Waals surface area contributed by atoms with E-state index in [2.05, 4.69) is 22.5 Å². The molecule has 60 valence electrons. The summed E-state index contributed by atoms with van der Waals surface area (Å²) in [6.45, 7) is 0. The number of amides is 1. The highest BCUT2D eigenvalue weighted by molar-refractivity contribution is 7.80. The monoisotopic (exact) mass is 172 g/mol. The van der Waals surface area contributed by atoms with Crippen LogP contribution >= 0.6 is 12.2 Å². The van der Waals surface area contributed by atoms with Gasteiger partial charge in [-0.05, 0) is 12.2 Å². The second-order valence-electron chi connectivity index (χ2n) is 1.47. The summed E-state index contributed by atoms with van der Waals surface area (Å²) >= 11 is 4.52. The van der Waals surface area contributed by atoms with Crippen LogP contribution in [0.5, 0.6) is 0 Å². The first-order chi connectivity index (χ1) is 5.20. The SMILES string of the molecule is N#CCC(=O)NC(=S)/N=C\N.[HH]. The molecule has 0 atom stereocenters. The van der Waals surface area contributed by atoms with Crippen LogP contribution in [0.2, 0.25) is 0 Å². The molecule has 1 amide bonds. The van der Waals surface area contributed by atoms with Crippen LogP contribution in [-0.2, 0) is 4.79 Å². The molecule has 0 saturated carbocycles. The molecule has 11 heavy (non-hydrogen) atoms. The molecule has 0 aliphatic rings. The molecule has 0 bridgehead atoms. The summed E-state index contributed by atoms with van der Waals surface area (Å²) in [4.78, 5) is 14.0. The lowest BCUT2D eigenvalue weighted by atomic mass is 10.4. The average Bonchev–Trinajstić information content (AvgIpc) is 1.87. The minimum Gasteiger partial charge on any atom is -0.390 e. The molecule has 6 heteroatoms. The second-order valence-corrected chi connectivity index (χ2v) is 1.85. The zero-order chi connectivity index (χ0) is 8.69. The molecule has 0 radical (unpaired) electrons. The fourth-order valence-electron chi connectivity index (χ4n) is 0.335. The van der Waals surface area contributed by atoms with E-state index < -0.39 is 5.91 Å². The summed E-state index contributed by atoms with van der Waals surface area (Å²) in [6, 6.07) is 1.66. The van der Waals surface area contributed by atoms with E-state index in [0.717, 1.165) is 6.34 Å². The normalized spacial score (nSPS) is 9.00. The van der Waals surface area contributed by atoms with E-state index in [1.54, 1.807) is 6.07 Å². The average molecular weight is 172 g/mol. The Morgan fingerprint density at radius 1 is 2.00 bits per heavy atom. The van der Waals surface area contributed by atoms with Gasteiger partial charge in [-0.15, -0.1) is 0 Å². The highest BCUT2D eigenvalue weighted by Gasteiger charge is 2.00. The molecule has 0 unspecified atom stereocenters. The van der Waals surface area contributed by atoms with E-state index in [-0.39, 0.29) is 13.0 Å². The standard InChI is InChI=1S/C5H6N4OS.H2/c6-2-1-4(10)9-5(11)8-3-7;/h3H,1H2,(H3,7,8,9,10,11);1H. The predicted octanol–water partition coefficient (Wildman–Crippen LogP) is -0.466. The fraction of sp³-hybridized carbons (Fsp3) is 0.200. The van der Waals surface area contributed by atoms with Crippen LogP contribution in [0.15, 0.2) is 4.99 Å². The Balaban J connectivity index is 0. The number of aliphatic imine (C=N–C) groups is 1. The Labute approximate surface area is 70.4 Å². The van der Waals surface area contributed by atoms with Gasteiger partial charge in [-0.25, -0.2) is 4.99 Å². The quantitative estimate of drug-likeness (QED) is 0.318. The molecular weight excluding hydrogens is 164 g/mol. The van der Waals surface area contributed by atoms with Gasteiger partial charge in [0.05, 0.1) is 12.4 Å². The van der Waals surface area contributed by atoms with Crippen LogP contribution in [0.1, 0.15) is 7.85 Å². The summed E-state index contributed by atoms with van der Waals surface area (Å²) in [5.74, 6) is -0.483. The molecule has 0 heterocycles. The van der Waals surface area contributed by atoms with E-state index in [1.807, 2.05) is 0 Å². The van der Waals surface area contributed by atoms with Crippen molar-refractivity contribution in [3.8, 4) is 6.07 Å². The third kappa shape index (κ3) is 4.99. The van der Waals surface area contributed by atoms with Gasteiger partial charge in [0.25, 0.3) is 0 Å². The lowest BCUT2D eigenvalue weighted by Gasteiger charge is -1.95. The smallest absolute Gasteiger partial charge is 0.240 e. The first-order valence-electron chi connectivity index (χ1n) is 2.65. The number of nitrogens with two attached hydrogens (primary N) is 1. The Kier molecular flexibility index (Phi) is 4.60. The molecule has 0 aliphatic heterocycles. The molecular formula is C5H8N4OS. The van der Waals surface area contributed by atoms with Gasteiger partial charge in [0.2, 0.25) is 11.0 Å². The van der Waals surface area contributed by atoms with Crippen LogP contribution < -0.4 is 11.1 Å². The van der Waals surface area contributed by atoms with Crippen molar-refractivity contribution in [3.63, 3.8) is 0 Å². The zero-order valence-electron chi connectivity index (χ0n) is 5.57. The number of thiocarbonyl (C=S) groups is 1. The van der Waals surface area contributed by atoms with Crippen molar-refractivity contribution in [3.05, 3.63) is 0 Å². The van der Waals surface area contributed by atoms with Crippen molar-refractivity contribution in [2.24, 2.45) is 10.7 Å². The van der Waals surface area contributed by atoms with Gasteiger partial charge in [-0.2, -0.15) is 5.26 Å². The maximum atomic E-state index is 10.6. The summed E-state index contributed by atoms with van der Waals surface area (Å²) in [5, 5.41) is 10.2. The number of rotatable bonds is 1. The van der Waals surface area contributed by atoms with E-state index in [4.69, 9.17) is 11.0 Å². The zero-order valence-corrected chi connectivity index (χ0v) is 6.39. The molecule has 0 aliphatic carbocycles. The van der Waals surface area contributed by atoms with Crippen LogP contribution in [0.3, 0.4) is 0 Å². The van der Waals surface area contributed by atoms with E-state index >= 15 is 0 Å². The Morgan fingerprint density at radius 2 is 2.64 bits per heavy atom. The summed E-state index contributed by atoms with van der Waals surface area (Å²) in [6.07, 6.45) is 0.731. The summed E-state index contributed by atoms with van der Waals surface area (Å²) in [7, 11) is 0. The van der Waals surface area contributed by atoms with E-state index in [1.165, 1.54) is 0 Å². The topological polar surface area (TPSA) is 91.3 Å². The van der Waals surface area contributed by atoms with E-state index in [9.17, 15) is 4.79 Å². The van der Waals surface area contributed by atoms with Crippen LogP contribution in [0.4, 0.5) is 0 Å². The lowest BCUT2D eigenvalue weighted by Crippen LogP contribution is -2.27. The Bertz CT molecular complexity index is 234. The number of nitrogens with zero attached hydrogens (tertiary/aromatic N) is 2. The van der Waals surface area contributed by atoms with Gasteiger partial charge in [-0.1, -0.05) is 0 Å².